The van der Waals surface area contributed by atoms with E-state index in [1.54, 1.807) is 0 Å². The van der Waals surface area contributed by atoms with Gasteiger partial charge < -0.3 is 23.5 Å². The Morgan fingerprint density at radius 1 is 0.474 bits per heavy atom. The lowest BCUT2D eigenvalue weighted by molar-refractivity contribution is 0.00578. The maximum atomic E-state index is 6.26. The standard InChI is InChI=1S/C30H36B2BrNO4/c1-27(2)28(3,4)36-31(35-27)21-9-15-24(16-10-21)34(26-19-13-23(33)14-20-26)25-17-11-22(12-18-25)32-37-29(5,6)30(7,8)38-32/h9-20H,1-8H3. The van der Waals surface area contributed by atoms with Crippen molar-refractivity contribution in [1.29, 1.82) is 0 Å². The quantitative estimate of drug-likeness (QED) is 0.324. The lowest BCUT2D eigenvalue weighted by Gasteiger charge is -2.32. The Balaban J connectivity index is 1.44. The molecule has 3 aromatic carbocycles. The van der Waals surface area contributed by atoms with Crippen LogP contribution >= 0.6 is 15.9 Å². The van der Waals surface area contributed by atoms with Crippen LogP contribution in [0.3, 0.4) is 0 Å². The van der Waals surface area contributed by atoms with Crippen LogP contribution in [-0.4, -0.2) is 36.6 Å². The molecule has 0 saturated carbocycles. The summed E-state index contributed by atoms with van der Waals surface area (Å²) in [6, 6.07) is 25.1. The van der Waals surface area contributed by atoms with Crippen molar-refractivity contribution in [2.24, 2.45) is 0 Å². The fourth-order valence-corrected chi connectivity index (χ4v) is 4.82. The van der Waals surface area contributed by atoms with Gasteiger partial charge in [0.15, 0.2) is 0 Å². The molecule has 2 saturated heterocycles. The molecule has 198 valence electrons. The van der Waals surface area contributed by atoms with Crippen molar-refractivity contribution in [2.75, 3.05) is 4.90 Å². The second kappa shape index (κ2) is 9.53. The number of benzene rings is 3. The molecule has 0 bridgehead atoms. The SMILES string of the molecule is CC1(C)OB(c2ccc(N(c3ccc(Br)cc3)c3ccc(B4OC(C)(C)C(C)(C)O4)cc3)cc2)OC1(C)C. The van der Waals surface area contributed by atoms with Gasteiger partial charge in [0.1, 0.15) is 0 Å². The van der Waals surface area contributed by atoms with Crippen molar-refractivity contribution in [2.45, 2.75) is 77.8 Å². The zero-order chi connectivity index (χ0) is 27.5. The van der Waals surface area contributed by atoms with Gasteiger partial charge in [-0.3, -0.25) is 0 Å². The van der Waals surface area contributed by atoms with Gasteiger partial charge in [-0.1, -0.05) is 40.2 Å². The summed E-state index contributed by atoms with van der Waals surface area (Å²) in [5.41, 5.74) is 3.62. The van der Waals surface area contributed by atoms with Crippen LogP contribution in [0.25, 0.3) is 0 Å². The van der Waals surface area contributed by atoms with Crippen molar-refractivity contribution in [1.82, 2.24) is 0 Å². The number of anilines is 3. The summed E-state index contributed by atoms with van der Waals surface area (Å²) in [4.78, 5) is 2.23. The maximum absolute atomic E-state index is 6.26. The van der Waals surface area contributed by atoms with Crippen molar-refractivity contribution in [3.63, 3.8) is 0 Å². The predicted octanol–water partition coefficient (Wildman–Crippen LogP) is 6.52. The largest absolute Gasteiger partial charge is 0.494 e. The molecule has 0 aromatic heterocycles. The van der Waals surface area contributed by atoms with Crippen LogP contribution in [0.1, 0.15) is 55.4 Å². The molecule has 8 heteroatoms. The van der Waals surface area contributed by atoms with E-state index in [2.05, 4.69) is 149 Å². The number of nitrogens with zero attached hydrogens (tertiary/aromatic N) is 1. The van der Waals surface area contributed by atoms with Crippen molar-refractivity contribution < 1.29 is 18.6 Å². The summed E-state index contributed by atoms with van der Waals surface area (Å²) in [5.74, 6) is 0. The molecule has 0 N–H and O–H groups in total. The number of rotatable bonds is 5. The second-order valence-corrected chi connectivity index (χ2v) is 13.1. The third-order valence-corrected chi connectivity index (χ3v) is 8.97. The summed E-state index contributed by atoms with van der Waals surface area (Å²) in [6.07, 6.45) is 0. The van der Waals surface area contributed by atoms with E-state index in [1.165, 1.54) is 0 Å². The molecule has 0 atom stereocenters. The molecule has 0 amide bonds. The molecule has 2 fully saturated rings. The van der Waals surface area contributed by atoms with Crippen LogP contribution < -0.4 is 15.8 Å². The minimum Gasteiger partial charge on any atom is -0.399 e. The van der Waals surface area contributed by atoms with Gasteiger partial charge in [0.05, 0.1) is 22.4 Å². The van der Waals surface area contributed by atoms with Gasteiger partial charge in [0.25, 0.3) is 0 Å². The van der Waals surface area contributed by atoms with Gasteiger partial charge in [-0.15, -0.1) is 0 Å². The molecular weight excluding hydrogens is 540 g/mol. The molecule has 5 nitrogen and oxygen atoms in total. The van der Waals surface area contributed by atoms with E-state index >= 15 is 0 Å². The van der Waals surface area contributed by atoms with Gasteiger partial charge >= 0.3 is 14.2 Å². The van der Waals surface area contributed by atoms with Crippen LogP contribution in [0.2, 0.25) is 0 Å². The normalized spacial score (nSPS) is 21.1. The van der Waals surface area contributed by atoms with E-state index in [9.17, 15) is 0 Å². The lowest BCUT2D eigenvalue weighted by Crippen LogP contribution is -2.41. The first-order valence-corrected chi connectivity index (χ1v) is 14.0. The molecule has 2 heterocycles. The molecule has 5 rings (SSSR count). The third-order valence-electron chi connectivity index (χ3n) is 8.44. The molecule has 38 heavy (non-hydrogen) atoms. The number of hydrogen-bond donors (Lipinski definition) is 0. The average molecular weight is 576 g/mol. The Kier molecular flexibility index (Phi) is 6.89. The number of hydrogen-bond acceptors (Lipinski definition) is 5. The summed E-state index contributed by atoms with van der Waals surface area (Å²) in [7, 11) is -0.788. The molecule has 0 spiro atoms. The highest BCUT2D eigenvalue weighted by molar-refractivity contribution is 9.10. The average Bonchev–Trinajstić information content (AvgIpc) is 3.21. The molecule has 0 radical (unpaired) electrons. The summed E-state index contributed by atoms with van der Waals surface area (Å²) >= 11 is 3.56. The minimum absolute atomic E-state index is 0.376. The first-order chi connectivity index (χ1) is 17.7. The van der Waals surface area contributed by atoms with Gasteiger partial charge in [0, 0.05) is 21.5 Å². The Morgan fingerprint density at radius 2 is 0.737 bits per heavy atom. The first-order valence-electron chi connectivity index (χ1n) is 13.2. The van der Waals surface area contributed by atoms with Crippen molar-refractivity contribution in [3.8, 4) is 0 Å². The van der Waals surface area contributed by atoms with Crippen LogP contribution in [0.5, 0.6) is 0 Å². The van der Waals surface area contributed by atoms with Gasteiger partial charge in [0.2, 0.25) is 0 Å². The first kappa shape index (κ1) is 27.5. The Labute approximate surface area is 236 Å². The van der Waals surface area contributed by atoms with Gasteiger partial charge in [-0.2, -0.15) is 0 Å². The second-order valence-electron chi connectivity index (χ2n) is 12.2. The smallest absolute Gasteiger partial charge is 0.399 e. The van der Waals surface area contributed by atoms with Gasteiger partial charge in [-0.25, -0.2) is 0 Å². The van der Waals surface area contributed by atoms with Crippen molar-refractivity contribution in [3.05, 3.63) is 77.3 Å². The summed E-state index contributed by atoms with van der Waals surface area (Å²) in [5, 5.41) is 0. The molecule has 2 aliphatic heterocycles. The highest BCUT2D eigenvalue weighted by Gasteiger charge is 2.52. The van der Waals surface area contributed by atoms with Crippen LogP contribution in [0, 0.1) is 0 Å². The van der Waals surface area contributed by atoms with E-state index < -0.39 is 14.2 Å². The van der Waals surface area contributed by atoms with Gasteiger partial charge in [-0.05, 0) is 115 Å². The monoisotopic (exact) mass is 575 g/mol. The lowest BCUT2D eigenvalue weighted by atomic mass is 9.79. The highest BCUT2D eigenvalue weighted by Crippen LogP contribution is 2.39. The van der Waals surface area contributed by atoms with Crippen molar-refractivity contribution >= 4 is 58.2 Å². The molecule has 0 aliphatic carbocycles. The minimum atomic E-state index is -0.394. The topological polar surface area (TPSA) is 40.2 Å². The fraction of sp³-hybridized carbons (Fsp3) is 0.400. The fourth-order valence-electron chi connectivity index (χ4n) is 4.56. The van der Waals surface area contributed by atoms with E-state index in [-0.39, 0.29) is 22.4 Å². The molecule has 0 unspecified atom stereocenters. The Bertz CT molecular complexity index is 1180. The van der Waals surface area contributed by atoms with Crippen LogP contribution in [0.4, 0.5) is 17.1 Å². The Morgan fingerprint density at radius 3 is 1.03 bits per heavy atom. The predicted molar refractivity (Wildman–Crippen MR) is 160 cm³/mol. The highest BCUT2D eigenvalue weighted by atomic mass is 79.9. The summed E-state index contributed by atoms with van der Waals surface area (Å²) < 4.78 is 26.1. The molecule has 3 aromatic rings. The maximum Gasteiger partial charge on any atom is 0.494 e. The van der Waals surface area contributed by atoms with Crippen LogP contribution in [-0.2, 0) is 18.6 Å². The Hall–Kier alpha value is -2.09. The van der Waals surface area contributed by atoms with E-state index in [0.29, 0.717) is 0 Å². The zero-order valence-electron chi connectivity index (χ0n) is 23.5. The molecule has 2 aliphatic rings. The van der Waals surface area contributed by atoms with E-state index in [0.717, 1.165) is 32.5 Å². The van der Waals surface area contributed by atoms with Crippen LogP contribution in [0.15, 0.2) is 77.3 Å². The third kappa shape index (κ3) is 4.98. The zero-order valence-corrected chi connectivity index (χ0v) is 25.1. The number of halogens is 1. The summed E-state index contributed by atoms with van der Waals surface area (Å²) in [6.45, 7) is 16.6. The molecular formula is C30H36B2BrNO4. The van der Waals surface area contributed by atoms with E-state index in [4.69, 9.17) is 18.6 Å². The van der Waals surface area contributed by atoms with E-state index in [1.807, 2.05) is 0 Å².